The van der Waals surface area contributed by atoms with Crippen LogP contribution < -0.4 is 5.32 Å². The fourth-order valence-electron chi connectivity index (χ4n) is 1.03. The Bertz CT molecular complexity index is 411. The Hall–Kier alpha value is -2.37. The molecule has 0 spiro atoms. The molecule has 0 bridgehead atoms. The number of methoxy groups -OCH3 is 1. The molecule has 1 rings (SSSR count). The third-order valence-corrected chi connectivity index (χ3v) is 1.75. The van der Waals surface area contributed by atoms with E-state index in [0.29, 0.717) is 11.3 Å². The minimum Gasteiger partial charge on any atom is -0.465 e. The molecule has 0 fully saturated rings. The highest BCUT2D eigenvalue weighted by Crippen LogP contribution is 2.09. The fourth-order valence-corrected chi connectivity index (χ4v) is 1.03. The topological polar surface area (TPSA) is 88.0 Å². The molecular formula is C10H10N2O4. The van der Waals surface area contributed by atoms with Gasteiger partial charge in [0.2, 0.25) is 0 Å². The highest BCUT2D eigenvalue weighted by Gasteiger charge is 2.05. The number of anilines is 1. The quantitative estimate of drug-likeness (QED) is 0.344. The number of benzene rings is 1. The van der Waals surface area contributed by atoms with Gasteiger partial charge in [0.1, 0.15) is 6.21 Å². The molecule has 1 aromatic carbocycles. The van der Waals surface area contributed by atoms with E-state index in [0.717, 1.165) is 6.21 Å². The van der Waals surface area contributed by atoms with E-state index in [4.69, 9.17) is 5.21 Å². The minimum atomic E-state index is -0.562. The van der Waals surface area contributed by atoms with Crippen LogP contribution in [0.1, 0.15) is 10.4 Å². The molecule has 0 saturated heterocycles. The molecule has 0 aromatic heterocycles. The molecule has 0 aliphatic heterocycles. The normalized spacial score (nSPS) is 10.1. The average Bonchev–Trinajstić information content (AvgIpc) is 2.29. The zero-order valence-corrected chi connectivity index (χ0v) is 8.51. The number of rotatable bonds is 3. The van der Waals surface area contributed by atoms with Gasteiger partial charge in [0.15, 0.2) is 0 Å². The first-order chi connectivity index (χ1) is 7.67. The number of nitrogens with one attached hydrogen (secondary N) is 1. The highest BCUT2D eigenvalue weighted by atomic mass is 16.5. The largest absolute Gasteiger partial charge is 0.465 e. The van der Waals surface area contributed by atoms with Crippen LogP contribution in [0.25, 0.3) is 0 Å². The van der Waals surface area contributed by atoms with Crippen LogP contribution in [0.5, 0.6) is 0 Å². The third-order valence-electron chi connectivity index (χ3n) is 1.75. The second-order valence-corrected chi connectivity index (χ2v) is 2.80. The number of ether oxygens (including phenoxy) is 1. The number of nitrogens with zero attached hydrogens (tertiary/aromatic N) is 1. The summed E-state index contributed by atoms with van der Waals surface area (Å²) in [4.78, 5) is 22.1. The minimum absolute atomic E-state index is 0.385. The molecule has 1 aromatic rings. The van der Waals surface area contributed by atoms with Crippen LogP contribution in [0.2, 0.25) is 0 Å². The van der Waals surface area contributed by atoms with Gasteiger partial charge in [-0.25, -0.2) is 4.79 Å². The Morgan fingerprint density at radius 3 is 2.50 bits per heavy atom. The summed E-state index contributed by atoms with van der Waals surface area (Å²) in [6, 6.07) is 6.10. The molecule has 0 saturated carbocycles. The molecule has 0 aliphatic rings. The van der Waals surface area contributed by atoms with E-state index in [1.54, 1.807) is 0 Å². The van der Waals surface area contributed by atoms with Crippen molar-refractivity contribution in [2.45, 2.75) is 0 Å². The van der Waals surface area contributed by atoms with E-state index in [2.05, 4.69) is 15.2 Å². The van der Waals surface area contributed by atoms with Crippen molar-refractivity contribution in [3.8, 4) is 0 Å². The van der Waals surface area contributed by atoms with Gasteiger partial charge >= 0.3 is 5.97 Å². The molecular weight excluding hydrogens is 212 g/mol. The summed E-state index contributed by atoms with van der Waals surface area (Å²) in [7, 11) is 1.29. The molecule has 0 unspecified atom stereocenters. The first kappa shape index (κ1) is 11.7. The van der Waals surface area contributed by atoms with E-state index in [-0.39, 0.29) is 0 Å². The van der Waals surface area contributed by atoms with Crippen molar-refractivity contribution in [3.63, 3.8) is 0 Å². The maximum atomic E-state index is 11.1. The summed E-state index contributed by atoms with van der Waals surface area (Å²) in [6.07, 6.45) is 0.730. The molecule has 84 valence electrons. The molecule has 0 heterocycles. The van der Waals surface area contributed by atoms with Gasteiger partial charge in [-0.15, -0.1) is 0 Å². The SMILES string of the molecule is COC(=O)c1ccc(NC(=O)/C=N\O)cc1. The lowest BCUT2D eigenvalue weighted by Gasteiger charge is -2.02. The van der Waals surface area contributed by atoms with Gasteiger partial charge < -0.3 is 15.3 Å². The molecule has 6 heteroatoms. The van der Waals surface area contributed by atoms with Crippen LogP contribution in [0, 0.1) is 0 Å². The van der Waals surface area contributed by atoms with E-state index in [1.807, 2.05) is 0 Å². The molecule has 0 aliphatic carbocycles. The highest BCUT2D eigenvalue weighted by molar-refractivity contribution is 6.31. The molecule has 16 heavy (non-hydrogen) atoms. The van der Waals surface area contributed by atoms with Crippen LogP contribution in [-0.4, -0.2) is 30.4 Å². The number of hydrogen-bond donors (Lipinski definition) is 2. The average molecular weight is 222 g/mol. The van der Waals surface area contributed by atoms with Crippen molar-refractivity contribution in [3.05, 3.63) is 29.8 Å². The zero-order chi connectivity index (χ0) is 12.0. The van der Waals surface area contributed by atoms with Gasteiger partial charge in [-0.2, -0.15) is 0 Å². The Morgan fingerprint density at radius 1 is 1.38 bits per heavy atom. The predicted molar refractivity (Wildman–Crippen MR) is 56.7 cm³/mol. The Labute approximate surface area is 91.5 Å². The first-order valence-corrected chi connectivity index (χ1v) is 4.34. The molecule has 0 atom stereocenters. The van der Waals surface area contributed by atoms with Gasteiger partial charge in [0.05, 0.1) is 12.7 Å². The van der Waals surface area contributed by atoms with E-state index in [9.17, 15) is 9.59 Å². The second kappa shape index (κ2) is 5.50. The Balaban J connectivity index is 2.72. The van der Waals surface area contributed by atoms with Gasteiger partial charge in [0, 0.05) is 5.69 Å². The summed E-state index contributed by atoms with van der Waals surface area (Å²) in [5, 5.41) is 13.1. The van der Waals surface area contributed by atoms with Crippen LogP contribution >= 0.6 is 0 Å². The van der Waals surface area contributed by atoms with Crippen molar-refractivity contribution in [1.29, 1.82) is 0 Å². The fraction of sp³-hybridized carbons (Fsp3) is 0.100. The second-order valence-electron chi connectivity index (χ2n) is 2.80. The van der Waals surface area contributed by atoms with E-state index >= 15 is 0 Å². The van der Waals surface area contributed by atoms with Gasteiger partial charge in [-0.05, 0) is 24.3 Å². The van der Waals surface area contributed by atoms with Gasteiger partial charge in [0.25, 0.3) is 5.91 Å². The lowest BCUT2D eigenvalue weighted by Crippen LogP contribution is -2.12. The lowest BCUT2D eigenvalue weighted by molar-refractivity contribution is -0.110. The van der Waals surface area contributed by atoms with E-state index < -0.39 is 11.9 Å². The maximum Gasteiger partial charge on any atom is 0.337 e. The van der Waals surface area contributed by atoms with Crippen LogP contribution in [0.4, 0.5) is 5.69 Å². The number of esters is 1. The van der Waals surface area contributed by atoms with Crippen molar-refractivity contribution >= 4 is 23.8 Å². The number of carbonyl (C=O) groups excluding carboxylic acids is 2. The van der Waals surface area contributed by atoms with Crippen molar-refractivity contribution in [2.24, 2.45) is 5.16 Å². The summed E-state index contributed by atoms with van der Waals surface area (Å²) >= 11 is 0. The van der Waals surface area contributed by atoms with Gasteiger partial charge in [-0.3, -0.25) is 4.79 Å². The number of amides is 1. The summed E-state index contributed by atoms with van der Waals surface area (Å²) in [5.74, 6) is -1.01. The smallest absolute Gasteiger partial charge is 0.337 e. The standard InChI is InChI=1S/C10H10N2O4/c1-16-10(14)7-2-4-8(5-3-7)12-9(13)6-11-15/h2-6,15H,1H3,(H,12,13)/b11-6-. The van der Waals surface area contributed by atoms with Gasteiger partial charge in [-0.1, -0.05) is 5.16 Å². The number of carbonyl (C=O) groups is 2. The molecule has 6 nitrogen and oxygen atoms in total. The molecule has 1 amide bonds. The first-order valence-electron chi connectivity index (χ1n) is 4.34. The summed E-state index contributed by atoms with van der Waals surface area (Å²) in [5.41, 5.74) is 0.869. The Kier molecular flexibility index (Phi) is 4.02. The monoisotopic (exact) mass is 222 g/mol. The number of oxime groups is 1. The van der Waals surface area contributed by atoms with Crippen LogP contribution in [0.15, 0.2) is 29.4 Å². The maximum absolute atomic E-state index is 11.1. The van der Waals surface area contributed by atoms with Crippen LogP contribution in [-0.2, 0) is 9.53 Å². The predicted octanol–water partition coefficient (Wildman–Crippen LogP) is 0.872. The zero-order valence-electron chi connectivity index (χ0n) is 8.51. The van der Waals surface area contributed by atoms with E-state index in [1.165, 1.54) is 31.4 Å². The molecule has 0 radical (unpaired) electrons. The Morgan fingerprint density at radius 2 is 2.00 bits per heavy atom. The lowest BCUT2D eigenvalue weighted by atomic mass is 10.2. The summed E-state index contributed by atoms with van der Waals surface area (Å²) in [6.45, 7) is 0. The number of hydrogen-bond acceptors (Lipinski definition) is 5. The third kappa shape index (κ3) is 3.09. The van der Waals surface area contributed by atoms with Crippen molar-refractivity contribution in [2.75, 3.05) is 12.4 Å². The van der Waals surface area contributed by atoms with Crippen molar-refractivity contribution in [1.82, 2.24) is 0 Å². The summed E-state index contributed by atoms with van der Waals surface area (Å²) < 4.78 is 4.52. The van der Waals surface area contributed by atoms with Crippen molar-refractivity contribution < 1.29 is 19.5 Å². The molecule has 2 N–H and O–H groups in total. The van der Waals surface area contributed by atoms with Crippen LogP contribution in [0.3, 0.4) is 0 Å².